The van der Waals surface area contributed by atoms with E-state index >= 15 is 0 Å². The summed E-state index contributed by atoms with van der Waals surface area (Å²) in [6.07, 6.45) is 1.43. The molecule has 3 aromatic carbocycles. The zero-order chi connectivity index (χ0) is 23.1. The molecule has 0 unspecified atom stereocenters. The van der Waals surface area contributed by atoms with Crippen molar-refractivity contribution in [2.24, 2.45) is 5.10 Å². The Kier molecular flexibility index (Phi) is 7.66. The lowest BCUT2D eigenvalue weighted by Gasteiger charge is -2.12. The van der Waals surface area contributed by atoms with Crippen LogP contribution < -0.4 is 14.3 Å². The third-order valence-corrected chi connectivity index (χ3v) is 5.99. The van der Waals surface area contributed by atoms with Gasteiger partial charge < -0.3 is 8.92 Å². The van der Waals surface area contributed by atoms with Crippen molar-refractivity contribution in [1.82, 2.24) is 5.43 Å². The fourth-order valence-electron chi connectivity index (χ4n) is 2.67. The van der Waals surface area contributed by atoms with Crippen LogP contribution in [0.4, 0.5) is 0 Å². The Balaban J connectivity index is 1.76. The van der Waals surface area contributed by atoms with E-state index in [1.807, 2.05) is 13.0 Å². The van der Waals surface area contributed by atoms with E-state index < -0.39 is 10.1 Å². The van der Waals surface area contributed by atoms with Gasteiger partial charge in [-0.25, -0.2) is 5.43 Å². The summed E-state index contributed by atoms with van der Waals surface area (Å²) < 4.78 is 36.8. The molecule has 7 nitrogen and oxygen atoms in total. The number of ether oxygens (including phenoxy) is 1. The van der Waals surface area contributed by atoms with Gasteiger partial charge in [0.2, 0.25) is 0 Å². The molecule has 1 amide bonds. The normalized spacial score (nSPS) is 11.3. The van der Waals surface area contributed by atoms with Crippen LogP contribution in [-0.4, -0.2) is 27.1 Å². The summed E-state index contributed by atoms with van der Waals surface area (Å²) in [4.78, 5) is 12.2. The molecule has 0 atom stereocenters. The SMILES string of the molecule is CCOc1cc(/C=N/NC(=O)c2cccc(Br)c2)ccc1OS(=O)(=O)c1ccc(C)cc1. The number of benzene rings is 3. The number of aryl methyl sites for hydroxylation is 1. The van der Waals surface area contributed by atoms with Crippen LogP contribution in [-0.2, 0) is 10.1 Å². The van der Waals surface area contributed by atoms with E-state index in [0.29, 0.717) is 17.7 Å². The average Bonchev–Trinajstić information content (AvgIpc) is 2.76. The first kappa shape index (κ1) is 23.5. The number of hydrogen-bond donors (Lipinski definition) is 1. The van der Waals surface area contributed by atoms with Gasteiger partial charge in [0.15, 0.2) is 11.5 Å². The molecule has 0 aliphatic carbocycles. The van der Waals surface area contributed by atoms with Gasteiger partial charge in [0.05, 0.1) is 12.8 Å². The highest BCUT2D eigenvalue weighted by molar-refractivity contribution is 9.10. The summed E-state index contributed by atoms with van der Waals surface area (Å²) in [5, 5.41) is 3.95. The van der Waals surface area contributed by atoms with Gasteiger partial charge in [-0.3, -0.25) is 4.79 Å². The average molecular weight is 517 g/mol. The van der Waals surface area contributed by atoms with Crippen molar-refractivity contribution in [3.8, 4) is 11.5 Å². The van der Waals surface area contributed by atoms with Crippen molar-refractivity contribution >= 4 is 38.2 Å². The van der Waals surface area contributed by atoms with E-state index in [0.717, 1.165) is 10.0 Å². The van der Waals surface area contributed by atoms with E-state index in [1.54, 1.807) is 49.4 Å². The fraction of sp³-hybridized carbons (Fsp3) is 0.130. The molecular weight excluding hydrogens is 496 g/mol. The number of rotatable bonds is 8. The Hall–Kier alpha value is -3.17. The number of nitrogens with zero attached hydrogens (tertiary/aromatic N) is 1. The van der Waals surface area contributed by atoms with Crippen LogP contribution in [0.2, 0.25) is 0 Å². The Labute approximate surface area is 195 Å². The molecule has 0 fully saturated rings. The molecule has 0 radical (unpaired) electrons. The first-order chi connectivity index (χ1) is 15.3. The maximum absolute atomic E-state index is 12.6. The van der Waals surface area contributed by atoms with Crippen LogP contribution in [0.5, 0.6) is 11.5 Å². The lowest BCUT2D eigenvalue weighted by Crippen LogP contribution is -2.17. The Morgan fingerprint density at radius 2 is 1.81 bits per heavy atom. The van der Waals surface area contributed by atoms with E-state index in [9.17, 15) is 13.2 Å². The molecule has 0 bridgehead atoms. The van der Waals surface area contributed by atoms with Crippen LogP contribution in [0.15, 0.2) is 81.2 Å². The summed E-state index contributed by atoms with van der Waals surface area (Å²) in [5.41, 5.74) is 4.43. The van der Waals surface area contributed by atoms with E-state index in [2.05, 4.69) is 26.5 Å². The van der Waals surface area contributed by atoms with Crippen LogP contribution in [0.3, 0.4) is 0 Å². The molecular formula is C23H21BrN2O5S. The molecule has 0 spiro atoms. The van der Waals surface area contributed by atoms with Crippen molar-refractivity contribution in [3.05, 3.63) is 87.9 Å². The molecule has 0 heterocycles. The second kappa shape index (κ2) is 10.4. The number of carbonyl (C=O) groups is 1. The molecule has 3 rings (SSSR count). The predicted octanol–water partition coefficient (Wildman–Crippen LogP) is 4.69. The zero-order valence-corrected chi connectivity index (χ0v) is 19.8. The van der Waals surface area contributed by atoms with Crippen LogP contribution in [0, 0.1) is 6.92 Å². The Morgan fingerprint density at radius 3 is 2.50 bits per heavy atom. The minimum Gasteiger partial charge on any atom is -0.490 e. The molecule has 0 saturated carbocycles. The van der Waals surface area contributed by atoms with Gasteiger partial charge in [0.25, 0.3) is 5.91 Å². The number of halogens is 1. The molecule has 9 heteroatoms. The van der Waals surface area contributed by atoms with Gasteiger partial charge in [-0.2, -0.15) is 13.5 Å². The second-order valence-electron chi connectivity index (χ2n) is 6.70. The Morgan fingerprint density at radius 1 is 1.06 bits per heavy atom. The fourth-order valence-corrected chi connectivity index (χ4v) is 4.01. The number of hydrogen-bond acceptors (Lipinski definition) is 6. The number of amides is 1. The van der Waals surface area contributed by atoms with Crippen molar-refractivity contribution in [3.63, 3.8) is 0 Å². The quantitative estimate of drug-likeness (QED) is 0.266. The van der Waals surface area contributed by atoms with Gasteiger partial charge in [-0.15, -0.1) is 0 Å². The third-order valence-electron chi connectivity index (χ3n) is 4.24. The predicted molar refractivity (Wildman–Crippen MR) is 126 cm³/mol. The topological polar surface area (TPSA) is 94.1 Å². The van der Waals surface area contributed by atoms with E-state index in [-0.39, 0.29) is 22.3 Å². The molecule has 32 heavy (non-hydrogen) atoms. The van der Waals surface area contributed by atoms with Gasteiger partial charge in [0, 0.05) is 10.0 Å². The maximum Gasteiger partial charge on any atom is 0.339 e. The summed E-state index contributed by atoms with van der Waals surface area (Å²) in [5.74, 6) is -0.0649. The van der Waals surface area contributed by atoms with Gasteiger partial charge >= 0.3 is 10.1 Å². The molecule has 1 N–H and O–H groups in total. The maximum atomic E-state index is 12.6. The minimum absolute atomic E-state index is 0.0476. The van der Waals surface area contributed by atoms with Gasteiger partial charge in [-0.1, -0.05) is 39.7 Å². The highest BCUT2D eigenvalue weighted by Gasteiger charge is 2.19. The standard InChI is InChI=1S/C23H21BrN2O5S/c1-3-30-22-13-17(15-25-26-23(27)18-5-4-6-19(24)14-18)9-12-21(22)31-32(28,29)20-10-7-16(2)8-11-20/h4-15H,3H2,1-2H3,(H,26,27)/b25-15+. The van der Waals surface area contributed by atoms with Crippen LogP contribution in [0.25, 0.3) is 0 Å². The van der Waals surface area contributed by atoms with E-state index in [1.165, 1.54) is 24.4 Å². The summed E-state index contributed by atoms with van der Waals surface area (Å²) >= 11 is 3.32. The second-order valence-corrected chi connectivity index (χ2v) is 9.16. The van der Waals surface area contributed by atoms with Gasteiger partial charge in [0.1, 0.15) is 4.90 Å². The third kappa shape index (κ3) is 6.18. The molecule has 166 valence electrons. The Bertz CT molecular complexity index is 1240. The minimum atomic E-state index is -4.02. The molecule has 3 aromatic rings. The smallest absolute Gasteiger partial charge is 0.339 e. The number of hydrazone groups is 1. The van der Waals surface area contributed by atoms with Crippen molar-refractivity contribution < 1.29 is 22.1 Å². The number of nitrogens with one attached hydrogen (secondary N) is 1. The molecule has 0 aliphatic rings. The van der Waals surface area contributed by atoms with E-state index in [4.69, 9.17) is 8.92 Å². The lowest BCUT2D eigenvalue weighted by molar-refractivity contribution is 0.0955. The summed E-state index contributed by atoms with van der Waals surface area (Å²) in [6.45, 7) is 3.95. The summed E-state index contributed by atoms with van der Waals surface area (Å²) in [7, 11) is -4.02. The highest BCUT2D eigenvalue weighted by Crippen LogP contribution is 2.31. The van der Waals surface area contributed by atoms with Crippen LogP contribution in [0.1, 0.15) is 28.4 Å². The largest absolute Gasteiger partial charge is 0.490 e. The van der Waals surface area contributed by atoms with Crippen molar-refractivity contribution in [2.75, 3.05) is 6.61 Å². The zero-order valence-electron chi connectivity index (χ0n) is 17.4. The first-order valence-electron chi connectivity index (χ1n) is 9.65. The number of carbonyl (C=O) groups excluding carboxylic acids is 1. The van der Waals surface area contributed by atoms with Crippen LogP contribution >= 0.6 is 15.9 Å². The lowest BCUT2D eigenvalue weighted by atomic mass is 10.2. The highest BCUT2D eigenvalue weighted by atomic mass is 79.9. The van der Waals surface area contributed by atoms with Gasteiger partial charge in [-0.05, 0) is 67.9 Å². The van der Waals surface area contributed by atoms with Crippen molar-refractivity contribution in [2.45, 2.75) is 18.7 Å². The monoisotopic (exact) mass is 516 g/mol. The molecule has 0 aliphatic heterocycles. The molecule has 0 aromatic heterocycles. The first-order valence-corrected chi connectivity index (χ1v) is 11.9. The summed E-state index contributed by atoms with van der Waals surface area (Å²) in [6, 6.07) is 18.0. The molecule has 0 saturated heterocycles. The van der Waals surface area contributed by atoms with Crippen molar-refractivity contribution in [1.29, 1.82) is 0 Å².